The predicted molar refractivity (Wildman–Crippen MR) is 59.5 cm³/mol. The van der Waals surface area contributed by atoms with Gasteiger partial charge in [-0.2, -0.15) is 0 Å². The van der Waals surface area contributed by atoms with Gasteiger partial charge in [0.15, 0.2) is 0 Å². The van der Waals surface area contributed by atoms with E-state index in [0.717, 1.165) is 12.3 Å². The summed E-state index contributed by atoms with van der Waals surface area (Å²) in [6.07, 6.45) is 3.97. The van der Waals surface area contributed by atoms with Crippen LogP contribution in [0.1, 0.15) is 18.4 Å². The summed E-state index contributed by atoms with van der Waals surface area (Å²) in [5.74, 6) is 0.915. The summed E-state index contributed by atoms with van der Waals surface area (Å²) in [5, 5.41) is 3.33. The molecule has 1 aliphatic carbocycles. The molecule has 0 amide bonds. The Labute approximate surface area is 82.2 Å². The van der Waals surface area contributed by atoms with Gasteiger partial charge < -0.3 is 0 Å². The molecule has 13 heavy (non-hydrogen) atoms. The molecule has 1 aromatic rings. The van der Waals surface area contributed by atoms with E-state index in [-0.39, 0.29) is 0 Å². The normalized spacial score (nSPS) is 18.5. The molecule has 0 spiro atoms. The molecular weight excluding hydrogens is 177 g/mol. The van der Waals surface area contributed by atoms with Crippen molar-refractivity contribution in [1.29, 1.82) is 0 Å². The monoisotopic (exact) mass is 193 g/mol. The van der Waals surface area contributed by atoms with E-state index in [2.05, 4.69) is 44.8 Å². The van der Waals surface area contributed by atoms with Crippen molar-refractivity contribution < 1.29 is 0 Å². The standard InChI is InChI=1S/C11H16NP/c13-12-11(10-6-7-10)8-9-4-2-1-3-5-9/h1-5,10-12H,6-8,13H2/t11-/m0/s1. The van der Waals surface area contributed by atoms with Crippen LogP contribution in [-0.2, 0) is 6.42 Å². The Morgan fingerprint density at radius 2 is 2.00 bits per heavy atom. The van der Waals surface area contributed by atoms with Crippen molar-refractivity contribution >= 4 is 9.39 Å². The van der Waals surface area contributed by atoms with E-state index in [1.54, 1.807) is 0 Å². The molecule has 1 fully saturated rings. The fraction of sp³-hybridized carbons (Fsp3) is 0.455. The van der Waals surface area contributed by atoms with Crippen LogP contribution in [0.2, 0.25) is 0 Å². The van der Waals surface area contributed by atoms with Gasteiger partial charge in [0.05, 0.1) is 0 Å². The number of rotatable bonds is 4. The average molecular weight is 193 g/mol. The summed E-state index contributed by atoms with van der Waals surface area (Å²) in [6.45, 7) is 0. The molecule has 1 aromatic carbocycles. The van der Waals surface area contributed by atoms with Crippen LogP contribution in [0.5, 0.6) is 0 Å². The molecule has 0 heterocycles. The van der Waals surface area contributed by atoms with Gasteiger partial charge in [-0.25, -0.2) is 0 Å². The number of benzene rings is 1. The summed E-state index contributed by atoms with van der Waals surface area (Å²) >= 11 is 0. The molecule has 0 radical (unpaired) electrons. The van der Waals surface area contributed by atoms with Crippen LogP contribution in [-0.4, -0.2) is 6.04 Å². The van der Waals surface area contributed by atoms with Gasteiger partial charge >= 0.3 is 0 Å². The van der Waals surface area contributed by atoms with Crippen LogP contribution in [0.3, 0.4) is 0 Å². The average Bonchev–Trinajstić information content (AvgIpc) is 2.99. The second kappa shape index (κ2) is 4.21. The second-order valence-electron chi connectivity index (χ2n) is 3.80. The first-order valence-electron chi connectivity index (χ1n) is 4.90. The zero-order chi connectivity index (χ0) is 9.10. The molecule has 0 aromatic heterocycles. The first-order chi connectivity index (χ1) is 6.40. The lowest BCUT2D eigenvalue weighted by Gasteiger charge is -2.14. The lowest BCUT2D eigenvalue weighted by Crippen LogP contribution is -2.25. The Morgan fingerprint density at radius 3 is 2.54 bits per heavy atom. The molecule has 70 valence electrons. The summed E-state index contributed by atoms with van der Waals surface area (Å²) < 4.78 is 0. The molecule has 2 heteroatoms. The third kappa shape index (κ3) is 2.52. The van der Waals surface area contributed by atoms with Gasteiger partial charge in [-0.3, -0.25) is 5.09 Å². The second-order valence-corrected chi connectivity index (χ2v) is 4.13. The molecule has 0 aliphatic heterocycles. The minimum atomic E-state index is 0.660. The van der Waals surface area contributed by atoms with Crippen LogP contribution in [0.4, 0.5) is 0 Å². The van der Waals surface area contributed by atoms with Gasteiger partial charge in [-0.1, -0.05) is 39.7 Å². The van der Waals surface area contributed by atoms with E-state index in [9.17, 15) is 0 Å². The molecule has 0 bridgehead atoms. The minimum absolute atomic E-state index is 0.660. The topological polar surface area (TPSA) is 12.0 Å². The molecular formula is C11H16NP. The van der Waals surface area contributed by atoms with E-state index >= 15 is 0 Å². The van der Waals surface area contributed by atoms with Gasteiger partial charge in [0, 0.05) is 6.04 Å². The number of nitrogens with one attached hydrogen (secondary N) is 1. The Bertz CT molecular complexity index is 256. The van der Waals surface area contributed by atoms with E-state index in [1.165, 1.54) is 18.4 Å². The van der Waals surface area contributed by atoms with Crippen molar-refractivity contribution in [2.45, 2.75) is 25.3 Å². The molecule has 1 N–H and O–H groups in total. The summed E-state index contributed by atoms with van der Waals surface area (Å²) in [6, 6.07) is 11.4. The lowest BCUT2D eigenvalue weighted by molar-refractivity contribution is 0.556. The third-order valence-electron chi connectivity index (χ3n) is 2.70. The highest BCUT2D eigenvalue weighted by molar-refractivity contribution is 7.13. The fourth-order valence-corrected chi connectivity index (χ4v) is 2.12. The van der Waals surface area contributed by atoms with Crippen molar-refractivity contribution in [2.24, 2.45) is 5.92 Å². The van der Waals surface area contributed by atoms with Crippen LogP contribution in [0, 0.1) is 5.92 Å². The largest absolute Gasteiger partial charge is 0.297 e. The van der Waals surface area contributed by atoms with Crippen LogP contribution < -0.4 is 5.09 Å². The van der Waals surface area contributed by atoms with Gasteiger partial charge in [0.2, 0.25) is 0 Å². The highest BCUT2D eigenvalue weighted by Crippen LogP contribution is 2.34. The maximum Gasteiger partial charge on any atom is 0.0167 e. The molecule has 0 saturated heterocycles. The van der Waals surface area contributed by atoms with Crippen molar-refractivity contribution in [3.63, 3.8) is 0 Å². The molecule has 2 rings (SSSR count). The zero-order valence-electron chi connectivity index (χ0n) is 7.74. The maximum atomic E-state index is 3.33. The van der Waals surface area contributed by atoms with Gasteiger partial charge in [-0.15, -0.1) is 0 Å². The molecule has 1 nitrogen and oxygen atoms in total. The summed E-state index contributed by atoms with van der Waals surface area (Å²) in [4.78, 5) is 0. The van der Waals surface area contributed by atoms with Crippen molar-refractivity contribution in [3.8, 4) is 0 Å². The molecule has 1 unspecified atom stereocenters. The van der Waals surface area contributed by atoms with Crippen molar-refractivity contribution in [1.82, 2.24) is 5.09 Å². The van der Waals surface area contributed by atoms with Crippen molar-refractivity contribution in [2.75, 3.05) is 0 Å². The van der Waals surface area contributed by atoms with Gasteiger partial charge in [0.1, 0.15) is 0 Å². The first-order valence-corrected chi connectivity index (χ1v) is 5.48. The van der Waals surface area contributed by atoms with Crippen molar-refractivity contribution in [3.05, 3.63) is 35.9 Å². The molecule has 2 atom stereocenters. The van der Waals surface area contributed by atoms with Crippen LogP contribution in [0.25, 0.3) is 0 Å². The minimum Gasteiger partial charge on any atom is -0.297 e. The quantitative estimate of drug-likeness (QED) is 0.724. The van der Waals surface area contributed by atoms with E-state index in [1.807, 2.05) is 0 Å². The van der Waals surface area contributed by atoms with Gasteiger partial charge in [0.25, 0.3) is 0 Å². The highest BCUT2D eigenvalue weighted by atomic mass is 31.0. The SMILES string of the molecule is PN[C@@H](Cc1ccccc1)C1CC1. The fourth-order valence-electron chi connectivity index (χ4n) is 1.73. The zero-order valence-corrected chi connectivity index (χ0v) is 8.89. The lowest BCUT2D eigenvalue weighted by atomic mass is 10.0. The first kappa shape index (κ1) is 9.18. The van der Waals surface area contributed by atoms with Crippen LogP contribution in [0.15, 0.2) is 30.3 Å². The Balaban J connectivity index is 1.95. The van der Waals surface area contributed by atoms with Gasteiger partial charge in [-0.05, 0) is 30.7 Å². The third-order valence-corrected chi connectivity index (χ3v) is 3.13. The molecule has 1 aliphatic rings. The maximum absolute atomic E-state index is 3.33. The Kier molecular flexibility index (Phi) is 2.97. The highest BCUT2D eigenvalue weighted by Gasteiger charge is 2.29. The Morgan fingerprint density at radius 1 is 1.31 bits per heavy atom. The van der Waals surface area contributed by atoms with E-state index in [4.69, 9.17) is 0 Å². The van der Waals surface area contributed by atoms with E-state index < -0.39 is 0 Å². The molecule has 1 saturated carbocycles. The smallest absolute Gasteiger partial charge is 0.0167 e. The number of hydrogen-bond acceptors (Lipinski definition) is 1. The summed E-state index contributed by atoms with van der Waals surface area (Å²) in [5.41, 5.74) is 1.44. The number of hydrogen-bond donors (Lipinski definition) is 1. The predicted octanol–water partition coefficient (Wildman–Crippen LogP) is 2.39. The van der Waals surface area contributed by atoms with E-state index in [0.29, 0.717) is 6.04 Å². The van der Waals surface area contributed by atoms with Crippen LogP contribution >= 0.6 is 9.39 Å². The summed E-state index contributed by atoms with van der Waals surface area (Å²) in [7, 11) is 2.65. The Hall–Kier alpha value is -0.390.